The summed E-state index contributed by atoms with van der Waals surface area (Å²) in [5.41, 5.74) is 3.76. The summed E-state index contributed by atoms with van der Waals surface area (Å²) in [5, 5.41) is 0.723. The Hall–Kier alpha value is -3.15. The van der Waals surface area contributed by atoms with Gasteiger partial charge >= 0.3 is 0 Å². The van der Waals surface area contributed by atoms with Gasteiger partial charge in [0.25, 0.3) is 5.91 Å². The molecule has 3 aromatic rings. The fourth-order valence-corrected chi connectivity index (χ4v) is 5.17. The lowest BCUT2D eigenvalue weighted by atomic mass is 9.96. The van der Waals surface area contributed by atoms with Crippen LogP contribution in [0, 0.1) is 0 Å². The van der Waals surface area contributed by atoms with Crippen LogP contribution in [0.1, 0.15) is 40.4 Å². The lowest BCUT2D eigenvalue weighted by Gasteiger charge is -2.40. The second kappa shape index (κ2) is 10.00. The smallest absolute Gasteiger partial charge is 0.256 e. The zero-order chi connectivity index (χ0) is 23.5. The summed E-state index contributed by atoms with van der Waals surface area (Å²) in [6.07, 6.45) is 1.39. The van der Waals surface area contributed by atoms with Crippen molar-refractivity contribution in [2.45, 2.75) is 18.9 Å². The first-order valence-corrected chi connectivity index (χ1v) is 12.2. The van der Waals surface area contributed by atoms with Gasteiger partial charge in [0.1, 0.15) is 0 Å². The molecule has 0 spiro atoms. The van der Waals surface area contributed by atoms with Gasteiger partial charge in [0, 0.05) is 44.2 Å². The van der Waals surface area contributed by atoms with E-state index in [4.69, 9.17) is 11.6 Å². The number of amides is 2. The molecule has 2 fully saturated rings. The van der Waals surface area contributed by atoms with E-state index in [0.29, 0.717) is 31.6 Å². The van der Waals surface area contributed by atoms with Crippen molar-refractivity contribution in [2.75, 3.05) is 37.6 Å². The van der Waals surface area contributed by atoms with Gasteiger partial charge in [-0.25, -0.2) is 0 Å². The number of benzene rings is 3. The van der Waals surface area contributed by atoms with Gasteiger partial charge in [-0.2, -0.15) is 0 Å². The van der Waals surface area contributed by atoms with Crippen LogP contribution in [0.25, 0.3) is 0 Å². The third-order valence-corrected chi connectivity index (χ3v) is 7.02. The maximum atomic E-state index is 13.5. The highest BCUT2D eigenvalue weighted by Gasteiger charge is 2.31. The number of rotatable bonds is 5. The average Bonchev–Trinajstić information content (AvgIpc) is 3.31. The molecular formula is C28H28ClN3O2. The Morgan fingerprint density at radius 2 is 1.41 bits per heavy atom. The van der Waals surface area contributed by atoms with E-state index in [1.807, 2.05) is 47.4 Å². The molecule has 2 aliphatic rings. The summed E-state index contributed by atoms with van der Waals surface area (Å²) in [5.74, 6) is 0.0939. The first kappa shape index (κ1) is 22.6. The Bertz CT molecular complexity index is 1160. The van der Waals surface area contributed by atoms with E-state index in [0.717, 1.165) is 30.2 Å². The Kier molecular flexibility index (Phi) is 6.66. The fraction of sp³-hybridized carbons (Fsp3) is 0.286. The SMILES string of the molecule is O=C(c1ccccc1N1CCCC1=O)N1CCN([C@@H](c2ccccc2)c2ccc(Cl)cc2)CC1. The fourth-order valence-electron chi connectivity index (χ4n) is 5.04. The molecule has 0 aliphatic carbocycles. The number of nitrogens with zero attached hydrogens (tertiary/aromatic N) is 3. The number of carbonyl (C=O) groups excluding carboxylic acids is 2. The monoisotopic (exact) mass is 473 g/mol. The van der Waals surface area contributed by atoms with E-state index < -0.39 is 0 Å². The van der Waals surface area contributed by atoms with Crippen LogP contribution in [0.4, 0.5) is 5.69 Å². The highest BCUT2D eigenvalue weighted by atomic mass is 35.5. The van der Waals surface area contributed by atoms with Crippen molar-refractivity contribution in [3.63, 3.8) is 0 Å². The van der Waals surface area contributed by atoms with Crippen LogP contribution >= 0.6 is 11.6 Å². The number of hydrogen-bond donors (Lipinski definition) is 0. The molecule has 3 aromatic carbocycles. The predicted octanol–water partition coefficient (Wildman–Crippen LogP) is 5.01. The molecule has 6 heteroatoms. The summed E-state index contributed by atoms with van der Waals surface area (Å²) in [4.78, 5) is 31.9. The van der Waals surface area contributed by atoms with Crippen LogP contribution in [0.2, 0.25) is 5.02 Å². The molecule has 2 saturated heterocycles. The maximum Gasteiger partial charge on any atom is 0.256 e. The van der Waals surface area contributed by atoms with Crippen molar-refractivity contribution in [1.82, 2.24) is 9.80 Å². The molecule has 2 heterocycles. The molecule has 2 aliphatic heterocycles. The molecule has 1 atom stereocenters. The third-order valence-electron chi connectivity index (χ3n) is 6.77. The molecule has 0 radical (unpaired) electrons. The van der Waals surface area contributed by atoms with E-state index in [1.165, 1.54) is 11.1 Å². The maximum absolute atomic E-state index is 13.5. The Morgan fingerprint density at radius 3 is 2.09 bits per heavy atom. The normalized spacial score (nSPS) is 17.7. The summed E-state index contributed by atoms with van der Waals surface area (Å²) in [7, 11) is 0. The summed E-state index contributed by atoms with van der Waals surface area (Å²) < 4.78 is 0. The highest BCUT2D eigenvalue weighted by Crippen LogP contribution is 2.31. The molecule has 2 amide bonds. The van der Waals surface area contributed by atoms with Crippen molar-refractivity contribution in [1.29, 1.82) is 0 Å². The molecule has 0 saturated carbocycles. The van der Waals surface area contributed by atoms with Gasteiger partial charge in [0.05, 0.1) is 17.3 Å². The quantitative estimate of drug-likeness (QED) is 0.523. The van der Waals surface area contributed by atoms with E-state index >= 15 is 0 Å². The average molecular weight is 474 g/mol. The van der Waals surface area contributed by atoms with Crippen molar-refractivity contribution in [3.05, 3.63) is 101 Å². The van der Waals surface area contributed by atoms with Crippen LogP contribution < -0.4 is 4.90 Å². The van der Waals surface area contributed by atoms with E-state index in [1.54, 1.807) is 4.90 Å². The van der Waals surface area contributed by atoms with Gasteiger partial charge in [0.2, 0.25) is 5.91 Å². The number of anilines is 1. The van der Waals surface area contributed by atoms with Gasteiger partial charge in [-0.3, -0.25) is 14.5 Å². The Labute approximate surface area is 205 Å². The lowest BCUT2D eigenvalue weighted by Crippen LogP contribution is -2.50. The Balaban J connectivity index is 1.34. The van der Waals surface area contributed by atoms with Gasteiger partial charge in [-0.05, 0) is 41.8 Å². The van der Waals surface area contributed by atoms with Crippen LogP contribution in [-0.4, -0.2) is 54.3 Å². The molecule has 5 nitrogen and oxygen atoms in total. The third kappa shape index (κ3) is 4.59. The minimum absolute atomic E-state index is 0.00213. The molecule has 0 unspecified atom stereocenters. The lowest BCUT2D eigenvalue weighted by molar-refractivity contribution is -0.117. The van der Waals surface area contributed by atoms with Gasteiger partial charge in [0.15, 0.2) is 0 Å². The molecule has 34 heavy (non-hydrogen) atoms. The first-order valence-electron chi connectivity index (χ1n) is 11.8. The molecule has 5 rings (SSSR count). The first-order chi connectivity index (χ1) is 16.6. The molecule has 0 N–H and O–H groups in total. The van der Waals surface area contributed by atoms with E-state index in [9.17, 15) is 9.59 Å². The van der Waals surface area contributed by atoms with Crippen molar-refractivity contribution in [3.8, 4) is 0 Å². The van der Waals surface area contributed by atoms with Crippen LogP contribution in [0.3, 0.4) is 0 Å². The van der Waals surface area contributed by atoms with Crippen molar-refractivity contribution >= 4 is 29.1 Å². The highest BCUT2D eigenvalue weighted by molar-refractivity contribution is 6.30. The van der Waals surface area contributed by atoms with Gasteiger partial charge in [-0.1, -0.05) is 66.2 Å². The van der Waals surface area contributed by atoms with Crippen LogP contribution in [-0.2, 0) is 4.79 Å². The molecular weight excluding hydrogens is 446 g/mol. The van der Waals surface area contributed by atoms with E-state index in [-0.39, 0.29) is 17.9 Å². The molecule has 0 bridgehead atoms. The van der Waals surface area contributed by atoms with Crippen LogP contribution in [0.5, 0.6) is 0 Å². The largest absolute Gasteiger partial charge is 0.336 e. The topological polar surface area (TPSA) is 43.9 Å². The van der Waals surface area contributed by atoms with Crippen molar-refractivity contribution < 1.29 is 9.59 Å². The number of para-hydroxylation sites is 1. The molecule has 174 valence electrons. The van der Waals surface area contributed by atoms with Gasteiger partial charge < -0.3 is 9.80 Å². The summed E-state index contributed by atoms with van der Waals surface area (Å²) in [6, 6.07) is 26.1. The second-order valence-electron chi connectivity index (χ2n) is 8.86. The number of halogens is 1. The summed E-state index contributed by atoms with van der Waals surface area (Å²) >= 11 is 6.15. The Morgan fingerprint density at radius 1 is 0.765 bits per heavy atom. The minimum Gasteiger partial charge on any atom is -0.336 e. The number of carbonyl (C=O) groups is 2. The zero-order valence-corrected chi connectivity index (χ0v) is 19.8. The predicted molar refractivity (Wildman–Crippen MR) is 135 cm³/mol. The minimum atomic E-state index is -0.00213. The van der Waals surface area contributed by atoms with Crippen molar-refractivity contribution in [2.24, 2.45) is 0 Å². The number of piperazine rings is 1. The second-order valence-corrected chi connectivity index (χ2v) is 9.30. The standard InChI is InChI=1S/C28H28ClN3O2/c29-23-14-12-22(13-15-23)27(21-7-2-1-3-8-21)30-17-19-31(20-18-30)28(34)24-9-4-5-10-25(24)32-16-6-11-26(32)33/h1-5,7-10,12-15,27H,6,11,16-20H2/t27-/m0/s1. The number of hydrogen-bond acceptors (Lipinski definition) is 3. The van der Waals surface area contributed by atoms with E-state index in [2.05, 4.69) is 41.3 Å². The van der Waals surface area contributed by atoms with Gasteiger partial charge in [-0.15, -0.1) is 0 Å². The van der Waals surface area contributed by atoms with Crippen LogP contribution in [0.15, 0.2) is 78.9 Å². The molecule has 0 aromatic heterocycles. The zero-order valence-electron chi connectivity index (χ0n) is 19.1. The summed E-state index contributed by atoms with van der Waals surface area (Å²) in [6.45, 7) is 3.48.